The summed E-state index contributed by atoms with van der Waals surface area (Å²) < 4.78 is 10.8. The van der Waals surface area contributed by atoms with E-state index in [9.17, 15) is 15.2 Å². The van der Waals surface area contributed by atoms with E-state index in [4.69, 9.17) is 9.47 Å². The average Bonchev–Trinajstić information content (AvgIpc) is 3.23. The number of hydrogen-bond donors (Lipinski definition) is 2. The van der Waals surface area contributed by atoms with Crippen LogP contribution in [0.2, 0.25) is 0 Å². The lowest BCUT2D eigenvalue weighted by atomic mass is 9.88. The van der Waals surface area contributed by atoms with Gasteiger partial charge in [-0.05, 0) is 81.5 Å². The highest BCUT2D eigenvalue weighted by Crippen LogP contribution is 2.32. The summed E-state index contributed by atoms with van der Waals surface area (Å²) >= 11 is 0. The fraction of sp³-hybridized carbons (Fsp3) is 0.517. The van der Waals surface area contributed by atoms with Crippen molar-refractivity contribution in [3.63, 3.8) is 0 Å². The minimum absolute atomic E-state index is 0.0961. The van der Waals surface area contributed by atoms with E-state index in [1.807, 2.05) is 12.1 Å². The Morgan fingerprint density at radius 2 is 1.91 bits per heavy atom. The van der Waals surface area contributed by atoms with Gasteiger partial charge >= 0.3 is 5.97 Å². The highest BCUT2D eigenvalue weighted by molar-refractivity contribution is 5.69. The minimum atomic E-state index is -0.700. The van der Waals surface area contributed by atoms with E-state index in [-0.39, 0.29) is 18.1 Å². The molecule has 2 aromatic rings. The lowest BCUT2D eigenvalue weighted by Gasteiger charge is -2.30. The van der Waals surface area contributed by atoms with E-state index in [2.05, 4.69) is 49.5 Å². The van der Waals surface area contributed by atoms with Gasteiger partial charge in [0.25, 0.3) is 0 Å². The summed E-state index contributed by atoms with van der Waals surface area (Å²) in [7, 11) is 0. The number of aryl methyl sites for hydroxylation is 1. The van der Waals surface area contributed by atoms with Gasteiger partial charge in [-0.15, -0.1) is 0 Å². The van der Waals surface area contributed by atoms with Crippen LogP contribution < -0.4 is 10.1 Å². The predicted octanol–water partition coefficient (Wildman–Crippen LogP) is 4.36. The lowest BCUT2D eigenvalue weighted by molar-refractivity contribution is -0.143. The summed E-state index contributed by atoms with van der Waals surface area (Å²) in [6.07, 6.45) is 4.06. The molecular weight excluding hydrogens is 440 g/mol. The van der Waals surface area contributed by atoms with Crippen molar-refractivity contribution >= 4 is 5.97 Å². The summed E-state index contributed by atoms with van der Waals surface area (Å²) in [6.45, 7) is 7.02. The van der Waals surface area contributed by atoms with Crippen LogP contribution in [0.5, 0.6) is 5.75 Å². The second-order valence-electron chi connectivity index (χ2n) is 10.0. The number of hydrogen-bond acceptors (Lipinski definition) is 6. The Labute approximate surface area is 209 Å². The van der Waals surface area contributed by atoms with E-state index >= 15 is 0 Å². The number of carbonyl (C=O) groups is 1. The third-order valence-electron chi connectivity index (χ3n) is 6.54. The molecular formula is C29H38N2O4. The summed E-state index contributed by atoms with van der Waals surface area (Å²) in [5.74, 6) is 0.839. The molecule has 188 valence electrons. The van der Waals surface area contributed by atoms with Gasteiger partial charge in [0.2, 0.25) is 0 Å². The van der Waals surface area contributed by atoms with Crippen molar-refractivity contribution in [1.29, 1.82) is 5.26 Å². The molecule has 0 unspecified atom stereocenters. The second-order valence-corrected chi connectivity index (χ2v) is 10.0. The Kier molecular flexibility index (Phi) is 9.71. The van der Waals surface area contributed by atoms with Crippen LogP contribution in [-0.4, -0.2) is 42.5 Å². The van der Waals surface area contributed by atoms with Crippen LogP contribution in [0.4, 0.5) is 0 Å². The van der Waals surface area contributed by atoms with Crippen LogP contribution in [0, 0.1) is 17.2 Å². The molecule has 0 saturated heterocycles. The number of aliphatic hydroxyl groups excluding tert-OH is 1. The molecule has 0 fully saturated rings. The van der Waals surface area contributed by atoms with Crippen molar-refractivity contribution in [3.05, 3.63) is 64.7 Å². The number of aliphatic hydroxyl groups is 1. The number of rotatable bonds is 13. The first-order valence-corrected chi connectivity index (χ1v) is 12.6. The Hall–Kier alpha value is -2.88. The van der Waals surface area contributed by atoms with E-state index in [1.54, 1.807) is 13.0 Å². The molecule has 1 atom stereocenters. The molecule has 0 amide bonds. The molecule has 0 spiro atoms. The first-order valence-electron chi connectivity index (χ1n) is 12.6. The molecule has 0 saturated carbocycles. The van der Waals surface area contributed by atoms with E-state index in [0.29, 0.717) is 49.6 Å². The number of benzene rings is 2. The van der Waals surface area contributed by atoms with Crippen LogP contribution in [0.25, 0.3) is 0 Å². The van der Waals surface area contributed by atoms with Crippen LogP contribution in [-0.2, 0) is 28.8 Å². The highest BCUT2D eigenvalue weighted by Gasteiger charge is 2.28. The SMILES string of the molecule is CCOC(=O)CCCc1cccc(OC[C@H](O)CNC(C)(C)CC2Cc3ccccc3C2)c1C#N. The average molecular weight is 479 g/mol. The molecule has 0 aromatic heterocycles. The fourth-order valence-electron chi connectivity index (χ4n) is 4.92. The topological polar surface area (TPSA) is 91.6 Å². The lowest BCUT2D eigenvalue weighted by Crippen LogP contribution is -2.46. The number of ether oxygens (including phenoxy) is 2. The molecule has 1 aliphatic carbocycles. The number of esters is 1. The van der Waals surface area contributed by atoms with Gasteiger partial charge < -0.3 is 19.9 Å². The Bertz CT molecular complexity index is 1000. The fourth-order valence-corrected chi connectivity index (χ4v) is 4.92. The number of fused-ring (bicyclic) bond motifs is 1. The van der Waals surface area contributed by atoms with Crippen molar-refractivity contribution in [2.75, 3.05) is 19.8 Å². The molecule has 2 aromatic carbocycles. The second kappa shape index (κ2) is 12.7. The molecule has 0 radical (unpaired) electrons. The summed E-state index contributed by atoms with van der Waals surface area (Å²) in [5.41, 5.74) is 4.10. The van der Waals surface area contributed by atoms with Crippen LogP contribution >= 0.6 is 0 Å². The predicted molar refractivity (Wildman–Crippen MR) is 136 cm³/mol. The first kappa shape index (κ1) is 26.7. The summed E-state index contributed by atoms with van der Waals surface area (Å²) in [5, 5.41) is 23.7. The van der Waals surface area contributed by atoms with Gasteiger partial charge in [0.1, 0.15) is 24.5 Å². The third-order valence-corrected chi connectivity index (χ3v) is 6.54. The number of nitrogens with one attached hydrogen (secondary N) is 1. The summed E-state index contributed by atoms with van der Waals surface area (Å²) in [6, 6.07) is 16.3. The van der Waals surface area contributed by atoms with Crippen LogP contribution in [0.1, 0.15) is 62.3 Å². The highest BCUT2D eigenvalue weighted by atomic mass is 16.5. The Morgan fingerprint density at radius 1 is 1.20 bits per heavy atom. The molecule has 6 heteroatoms. The van der Waals surface area contributed by atoms with Crippen molar-refractivity contribution < 1.29 is 19.4 Å². The first-order chi connectivity index (χ1) is 16.8. The smallest absolute Gasteiger partial charge is 0.305 e. The van der Waals surface area contributed by atoms with Crippen molar-refractivity contribution in [2.45, 2.75) is 70.9 Å². The van der Waals surface area contributed by atoms with E-state index < -0.39 is 6.10 Å². The number of nitriles is 1. The van der Waals surface area contributed by atoms with E-state index in [1.165, 1.54) is 11.1 Å². The zero-order chi connectivity index (χ0) is 25.3. The van der Waals surface area contributed by atoms with Gasteiger partial charge in [0, 0.05) is 18.5 Å². The maximum Gasteiger partial charge on any atom is 0.305 e. The van der Waals surface area contributed by atoms with Gasteiger partial charge in [-0.3, -0.25) is 4.79 Å². The minimum Gasteiger partial charge on any atom is -0.489 e. The molecule has 0 bridgehead atoms. The zero-order valence-electron chi connectivity index (χ0n) is 21.2. The third kappa shape index (κ3) is 8.09. The van der Waals surface area contributed by atoms with Gasteiger partial charge in [0.15, 0.2) is 0 Å². The molecule has 2 N–H and O–H groups in total. The van der Waals surface area contributed by atoms with Crippen LogP contribution in [0.15, 0.2) is 42.5 Å². The zero-order valence-corrected chi connectivity index (χ0v) is 21.2. The van der Waals surface area contributed by atoms with Crippen LogP contribution in [0.3, 0.4) is 0 Å². The van der Waals surface area contributed by atoms with Gasteiger partial charge in [-0.25, -0.2) is 0 Å². The Balaban J connectivity index is 1.45. The molecule has 6 nitrogen and oxygen atoms in total. The maximum absolute atomic E-state index is 11.6. The number of carbonyl (C=O) groups excluding carboxylic acids is 1. The van der Waals surface area contributed by atoms with Crippen molar-refractivity contribution in [3.8, 4) is 11.8 Å². The molecule has 1 aliphatic rings. The standard InChI is InChI=1S/C29H38N2O4/c1-4-34-28(33)14-8-12-22-11-7-13-27(26(22)18-30)35-20-25(32)19-31-29(2,3)17-21-15-23-9-5-6-10-24(23)16-21/h5-7,9-11,13,21,25,31-32H,4,8,12,14-17,19-20H2,1-3H3/t25-/m1/s1. The molecule has 0 aliphatic heterocycles. The van der Waals surface area contributed by atoms with E-state index in [0.717, 1.165) is 24.8 Å². The van der Waals surface area contributed by atoms with Gasteiger partial charge in [-0.2, -0.15) is 5.26 Å². The number of nitrogens with zero attached hydrogens (tertiary/aromatic N) is 1. The monoisotopic (exact) mass is 478 g/mol. The molecule has 3 rings (SSSR count). The quantitative estimate of drug-likeness (QED) is 0.416. The Morgan fingerprint density at radius 3 is 2.57 bits per heavy atom. The maximum atomic E-state index is 11.6. The van der Waals surface area contributed by atoms with Crippen molar-refractivity contribution in [2.24, 2.45) is 5.92 Å². The summed E-state index contributed by atoms with van der Waals surface area (Å²) in [4.78, 5) is 11.6. The molecule has 35 heavy (non-hydrogen) atoms. The number of β-amino-alcohol motifs (C(OH)–C–C–N with tert-alkyl or cyclic N) is 1. The largest absolute Gasteiger partial charge is 0.489 e. The van der Waals surface area contributed by atoms with Gasteiger partial charge in [-0.1, -0.05) is 36.4 Å². The normalized spacial score (nSPS) is 14.3. The molecule has 0 heterocycles. The van der Waals surface area contributed by atoms with Gasteiger partial charge in [0.05, 0.1) is 12.2 Å². The van der Waals surface area contributed by atoms with Crippen molar-refractivity contribution in [1.82, 2.24) is 5.32 Å².